The Bertz CT molecular complexity index is 1110. The van der Waals surface area contributed by atoms with Crippen molar-refractivity contribution in [2.24, 2.45) is 5.41 Å². The fourth-order valence-electron chi connectivity index (χ4n) is 4.08. The number of halogens is 1. The average Bonchev–Trinajstić information content (AvgIpc) is 3.28. The summed E-state index contributed by atoms with van der Waals surface area (Å²) in [5, 5.41) is 9.91. The van der Waals surface area contributed by atoms with E-state index in [1.165, 1.54) is 6.07 Å². The zero-order chi connectivity index (χ0) is 19.5. The molecule has 7 heteroatoms. The summed E-state index contributed by atoms with van der Waals surface area (Å²) in [7, 11) is 0. The first-order chi connectivity index (χ1) is 13.4. The van der Waals surface area contributed by atoms with Crippen LogP contribution in [0.15, 0.2) is 53.0 Å². The smallest absolute Gasteiger partial charge is 0.226 e. The SMILES string of the molecule is CC1(C)CC(=O)C2=C(C1)Nc1nc(-c3ccccc3F)nn1C2c1cccs1. The van der Waals surface area contributed by atoms with Crippen LogP contribution in [-0.2, 0) is 4.79 Å². The molecule has 1 atom stereocenters. The van der Waals surface area contributed by atoms with E-state index in [1.54, 1.807) is 34.2 Å². The van der Waals surface area contributed by atoms with Crippen molar-refractivity contribution in [2.45, 2.75) is 32.7 Å². The first-order valence-corrected chi connectivity index (χ1v) is 10.1. The van der Waals surface area contributed by atoms with Crippen molar-refractivity contribution >= 4 is 23.1 Å². The fraction of sp³-hybridized carbons (Fsp3) is 0.286. The van der Waals surface area contributed by atoms with Gasteiger partial charge in [0.1, 0.15) is 11.9 Å². The maximum atomic E-state index is 14.3. The molecular formula is C21H19FN4OS. The van der Waals surface area contributed by atoms with Gasteiger partial charge in [0.25, 0.3) is 0 Å². The van der Waals surface area contributed by atoms with Gasteiger partial charge in [-0.3, -0.25) is 4.79 Å². The summed E-state index contributed by atoms with van der Waals surface area (Å²) < 4.78 is 16.0. The molecule has 2 aliphatic rings. The number of nitrogens with one attached hydrogen (secondary N) is 1. The van der Waals surface area contributed by atoms with Crippen LogP contribution < -0.4 is 5.32 Å². The molecule has 142 valence electrons. The number of hydrogen-bond acceptors (Lipinski definition) is 5. The van der Waals surface area contributed by atoms with E-state index in [9.17, 15) is 9.18 Å². The highest BCUT2D eigenvalue weighted by atomic mass is 32.1. The lowest BCUT2D eigenvalue weighted by molar-refractivity contribution is -0.118. The van der Waals surface area contributed by atoms with Gasteiger partial charge in [0.05, 0.1) is 5.56 Å². The van der Waals surface area contributed by atoms with Crippen LogP contribution in [0.25, 0.3) is 11.4 Å². The van der Waals surface area contributed by atoms with Crippen molar-refractivity contribution < 1.29 is 9.18 Å². The highest BCUT2D eigenvalue weighted by Gasteiger charge is 2.42. The van der Waals surface area contributed by atoms with Crippen molar-refractivity contribution in [2.75, 3.05) is 5.32 Å². The topological polar surface area (TPSA) is 59.8 Å². The molecule has 5 rings (SSSR count). The molecule has 0 fully saturated rings. The zero-order valence-corrected chi connectivity index (χ0v) is 16.4. The summed E-state index contributed by atoms with van der Waals surface area (Å²) in [5.41, 5.74) is 1.89. The molecule has 1 N–H and O–H groups in total. The molecule has 2 aromatic heterocycles. The third kappa shape index (κ3) is 2.69. The van der Waals surface area contributed by atoms with Gasteiger partial charge in [0, 0.05) is 22.6 Å². The molecule has 0 saturated heterocycles. The van der Waals surface area contributed by atoms with E-state index in [2.05, 4.69) is 29.2 Å². The molecule has 3 heterocycles. The van der Waals surface area contributed by atoms with Crippen LogP contribution in [0.3, 0.4) is 0 Å². The Hall–Kier alpha value is -2.80. The second kappa shape index (κ2) is 6.10. The number of ketones is 1. The molecule has 1 aliphatic carbocycles. The Labute approximate surface area is 165 Å². The molecule has 1 aliphatic heterocycles. The van der Waals surface area contributed by atoms with Crippen molar-refractivity contribution in [3.63, 3.8) is 0 Å². The largest absolute Gasteiger partial charge is 0.328 e. The van der Waals surface area contributed by atoms with E-state index in [-0.39, 0.29) is 23.1 Å². The van der Waals surface area contributed by atoms with Gasteiger partial charge in [-0.1, -0.05) is 32.0 Å². The first-order valence-electron chi connectivity index (χ1n) is 9.21. The van der Waals surface area contributed by atoms with Gasteiger partial charge < -0.3 is 5.32 Å². The first kappa shape index (κ1) is 17.3. The number of nitrogens with zero attached hydrogens (tertiary/aromatic N) is 3. The van der Waals surface area contributed by atoms with Gasteiger partial charge in [-0.2, -0.15) is 4.98 Å². The number of allylic oxidation sites excluding steroid dienone is 2. The predicted octanol–water partition coefficient (Wildman–Crippen LogP) is 4.80. The zero-order valence-electron chi connectivity index (χ0n) is 15.6. The number of anilines is 1. The van der Waals surface area contributed by atoms with Crippen LogP contribution in [-0.4, -0.2) is 20.5 Å². The lowest BCUT2D eigenvalue weighted by atomic mass is 9.73. The van der Waals surface area contributed by atoms with Crippen molar-refractivity contribution in [3.05, 3.63) is 63.7 Å². The molecule has 1 aromatic carbocycles. The van der Waals surface area contributed by atoms with E-state index in [0.29, 0.717) is 23.8 Å². The van der Waals surface area contributed by atoms with E-state index >= 15 is 0 Å². The highest BCUT2D eigenvalue weighted by Crippen LogP contribution is 2.46. The van der Waals surface area contributed by atoms with Crippen LogP contribution in [0, 0.1) is 11.2 Å². The summed E-state index contributed by atoms with van der Waals surface area (Å²) in [4.78, 5) is 18.7. The third-order valence-corrected chi connectivity index (χ3v) is 6.18. The standard InChI is InChI=1S/C21H19FN4OS/c1-21(2)10-14-17(15(27)11-21)18(16-8-5-9-28-16)26-20(23-14)24-19(25-26)12-6-3-4-7-13(12)22/h3-9,18H,10-11H2,1-2H3,(H,23,24,25). The summed E-state index contributed by atoms with van der Waals surface area (Å²) >= 11 is 1.58. The average molecular weight is 394 g/mol. The molecule has 5 nitrogen and oxygen atoms in total. The Morgan fingerprint density at radius 2 is 2.04 bits per heavy atom. The number of carbonyl (C=O) groups excluding carboxylic acids is 1. The molecule has 0 radical (unpaired) electrons. The van der Waals surface area contributed by atoms with Crippen molar-refractivity contribution in [3.8, 4) is 11.4 Å². The number of carbonyl (C=O) groups is 1. The highest BCUT2D eigenvalue weighted by molar-refractivity contribution is 7.10. The molecule has 3 aromatic rings. The Kier molecular flexibility index (Phi) is 3.77. The number of fused-ring (bicyclic) bond motifs is 1. The van der Waals surface area contributed by atoms with Gasteiger partial charge in [-0.05, 0) is 35.4 Å². The summed E-state index contributed by atoms with van der Waals surface area (Å²) in [5.74, 6) is 0.619. The second-order valence-electron chi connectivity index (χ2n) is 8.06. The maximum absolute atomic E-state index is 14.3. The Morgan fingerprint density at radius 3 is 2.79 bits per heavy atom. The second-order valence-corrected chi connectivity index (χ2v) is 9.04. The van der Waals surface area contributed by atoms with Gasteiger partial charge in [-0.15, -0.1) is 16.4 Å². The van der Waals surface area contributed by atoms with Crippen LogP contribution in [0.2, 0.25) is 0 Å². The van der Waals surface area contributed by atoms with Gasteiger partial charge in [-0.25, -0.2) is 9.07 Å². The Morgan fingerprint density at radius 1 is 1.21 bits per heavy atom. The summed E-state index contributed by atoms with van der Waals surface area (Å²) in [6.45, 7) is 4.20. The van der Waals surface area contributed by atoms with E-state index in [0.717, 1.165) is 22.6 Å². The van der Waals surface area contributed by atoms with Crippen LogP contribution in [0.4, 0.5) is 10.3 Å². The number of benzene rings is 1. The quantitative estimate of drug-likeness (QED) is 0.678. The predicted molar refractivity (Wildman–Crippen MR) is 107 cm³/mol. The normalized spacial score (nSPS) is 20.5. The lowest BCUT2D eigenvalue weighted by Crippen LogP contribution is -2.36. The third-order valence-electron chi connectivity index (χ3n) is 5.26. The minimum absolute atomic E-state index is 0.112. The molecule has 1 unspecified atom stereocenters. The van der Waals surface area contributed by atoms with Crippen molar-refractivity contribution in [1.29, 1.82) is 0 Å². The monoisotopic (exact) mass is 394 g/mol. The number of thiophene rings is 1. The maximum Gasteiger partial charge on any atom is 0.226 e. The molecule has 0 saturated carbocycles. The Balaban J connectivity index is 1.69. The molecule has 28 heavy (non-hydrogen) atoms. The van der Waals surface area contributed by atoms with Crippen LogP contribution in [0.1, 0.15) is 37.6 Å². The minimum atomic E-state index is -0.368. The van der Waals surface area contributed by atoms with Gasteiger partial charge in [0.2, 0.25) is 5.95 Å². The van der Waals surface area contributed by atoms with Crippen molar-refractivity contribution in [1.82, 2.24) is 14.8 Å². The van der Waals surface area contributed by atoms with Crippen LogP contribution >= 0.6 is 11.3 Å². The number of aromatic nitrogens is 3. The number of rotatable bonds is 2. The molecule has 0 bridgehead atoms. The van der Waals surface area contributed by atoms with Crippen LogP contribution in [0.5, 0.6) is 0 Å². The fourth-order valence-corrected chi connectivity index (χ4v) is 4.89. The molecule has 0 amide bonds. The number of Topliss-reactive ketones (excluding diaryl/α,β-unsaturated/α-hetero) is 1. The lowest BCUT2D eigenvalue weighted by Gasteiger charge is -2.37. The molecular weight excluding hydrogens is 375 g/mol. The number of hydrogen-bond donors (Lipinski definition) is 1. The molecule has 0 spiro atoms. The minimum Gasteiger partial charge on any atom is -0.328 e. The van der Waals surface area contributed by atoms with E-state index < -0.39 is 0 Å². The van der Waals surface area contributed by atoms with E-state index in [4.69, 9.17) is 0 Å². The van der Waals surface area contributed by atoms with Gasteiger partial charge >= 0.3 is 0 Å². The van der Waals surface area contributed by atoms with Gasteiger partial charge in [0.15, 0.2) is 11.6 Å². The summed E-state index contributed by atoms with van der Waals surface area (Å²) in [6, 6.07) is 10.1. The van der Waals surface area contributed by atoms with E-state index in [1.807, 2.05) is 17.5 Å². The summed E-state index contributed by atoms with van der Waals surface area (Å²) in [6.07, 6.45) is 1.26.